The van der Waals surface area contributed by atoms with Crippen LogP contribution in [0.2, 0.25) is 0 Å². The second-order valence-electron chi connectivity index (χ2n) is 6.13. The Kier molecular flexibility index (Phi) is 5.02. The molecule has 1 amide bonds. The Labute approximate surface area is 150 Å². The van der Waals surface area contributed by atoms with Gasteiger partial charge in [0.05, 0.1) is 0 Å². The molecule has 0 fully saturated rings. The molecule has 0 spiro atoms. The van der Waals surface area contributed by atoms with Gasteiger partial charge in [0.25, 0.3) is 5.91 Å². The molecule has 6 nitrogen and oxygen atoms in total. The van der Waals surface area contributed by atoms with Crippen LogP contribution in [0.4, 0.5) is 0 Å². The van der Waals surface area contributed by atoms with Crippen molar-refractivity contribution in [3.05, 3.63) is 69.8 Å². The number of hydrogen-bond acceptors (Lipinski definition) is 5. The maximum absolute atomic E-state index is 12.2. The predicted octanol–water partition coefficient (Wildman–Crippen LogP) is 2.89. The van der Waals surface area contributed by atoms with E-state index in [1.54, 1.807) is 38.4 Å². The van der Waals surface area contributed by atoms with E-state index in [4.69, 9.17) is 9.15 Å². The van der Waals surface area contributed by atoms with Gasteiger partial charge < -0.3 is 14.5 Å². The SMILES string of the molecule is Cc1c(C)c2ccc(O[C@H](C)C(=O)NCc3ccncc3)cc2oc1=O. The minimum Gasteiger partial charge on any atom is -0.481 e. The average molecular weight is 352 g/mol. The number of aromatic nitrogens is 1. The van der Waals surface area contributed by atoms with E-state index in [9.17, 15) is 9.59 Å². The molecule has 2 aromatic heterocycles. The van der Waals surface area contributed by atoms with E-state index in [0.717, 1.165) is 16.5 Å². The zero-order valence-corrected chi connectivity index (χ0v) is 14.9. The molecule has 1 atom stereocenters. The number of aryl methyl sites for hydroxylation is 1. The maximum atomic E-state index is 12.2. The van der Waals surface area contributed by atoms with Gasteiger partial charge >= 0.3 is 5.63 Å². The molecule has 3 aromatic rings. The summed E-state index contributed by atoms with van der Waals surface area (Å²) in [4.78, 5) is 28.0. The van der Waals surface area contributed by atoms with Crippen LogP contribution >= 0.6 is 0 Å². The first-order valence-electron chi connectivity index (χ1n) is 8.33. The summed E-state index contributed by atoms with van der Waals surface area (Å²) in [6, 6.07) is 8.90. The van der Waals surface area contributed by atoms with Gasteiger partial charge in [0, 0.05) is 36.0 Å². The Bertz CT molecular complexity index is 996. The first kappa shape index (κ1) is 17.7. The molecular formula is C20H20N2O4. The highest BCUT2D eigenvalue weighted by molar-refractivity contribution is 5.83. The number of ether oxygens (including phenoxy) is 1. The maximum Gasteiger partial charge on any atom is 0.339 e. The first-order valence-corrected chi connectivity index (χ1v) is 8.33. The number of hydrogen-bond donors (Lipinski definition) is 1. The molecule has 0 aliphatic heterocycles. The third kappa shape index (κ3) is 3.74. The third-order valence-corrected chi connectivity index (χ3v) is 4.33. The van der Waals surface area contributed by atoms with E-state index in [-0.39, 0.29) is 11.5 Å². The van der Waals surface area contributed by atoms with Crippen molar-refractivity contribution < 1.29 is 13.9 Å². The zero-order chi connectivity index (χ0) is 18.7. The van der Waals surface area contributed by atoms with E-state index in [0.29, 0.717) is 23.4 Å². The van der Waals surface area contributed by atoms with Crippen LogP contribution in [0, 0.1) is 13.8 Å². The largest absolute Gasteiger partial charge is 0.481 e. The van der Waals surface area contributed by atoms with Gasteiger partial charge in [0.1, 0.15) is 11.3 Å². The summed E-state index contributed by atoms with van der Waals surface area (Å²) in [6.07, 6.45) is 2.66. The predicted molar refractivity (Wildman–Crippen MR) is 98.1 cm³/mol. The summed E-state index contributed by atoms with van der Waals surface area (Å²) in [6.45, 7) is 5.69. The number of nitrogens with zero attached hydrogens (tertiary/aromatic N) is 1. The van der Waals surface area contributed by atoms with Gasteiger partial charge in [-0.25, -0.2) is 4.79 Å². The second kappa shape index (κ2) is 7.39. The van der Waals surface area contributed by atoms with Gasteiger partial charge in [-0.15, -0.1) is 0 Å². The molecule has 0 saturated carbocycles. The molecule has 0 saturated heterocycles. The van der Waals surface area contributed by atoms with Gasteiger partial charge in [-0.05, 0) is 56.2 Å². The van der Waals surface area contributed by atoms with Gasteiger partial charge in [-0.3, -0.25) is 9.78 Å². The Morgan fingerprint density at radius 3 is 2.65 bits per heavy atom. The Hall–Kier alpha value is -3.15. The van der Waals surface area contributed by atoms with Crippen LogP contribution in [0.15, 0.2) is 51.9 Å². The molecule has 1 N–H and O–H groups in total. The van der Waals surface area contributed by atoms with Gasteiger partial charge in [-0.2, -0.15) is 0 Å². The highest BCUT2D eigenvalue weighted by Gasteiger charge is 2.15. The molecular weight excluding hydrogens is 332 g/mol. The molecule has 0 aliphatic carbocycles. The number of pyridine rings is 1. The lowest BCUT2D eigenvalue weighted by Gasteiger charge is -2.15. The van der Waals surface area contributed by atoms with Crippen molar-refractivity contribution in [3.8, 4) is 5.75 Å². The van der Waals surface area contributed by atoms with Crippen molar-refractivity contribution in [2.75, 3.05) is 0 Å². The standard InChI is InChI=1S/C20H20N2O4/c1-12-13(2)20(24)26-18-10-16(4-5-17(12)18)25-14(3)19(23)22-11-15-6-8-21-9-7-15/h4-10,14H,11H2,1-3H3,(H,22,23)/t14-/m1/s1. The second-order valence-corrected chi connectivity index (χ2v) is 6.13. The van der Waals surface area contributed by atoms with Crippen LogP contribution in [0.3, 0.4) is 0 Å². The van der Waals surface area contributed by atoms with Crippen molar-refractivity contribution in [2.24, 2.45) is 0 Å². The molecule has 26 heavy (non-hydrogen) atoms. The fraction of sp³-hybridized carbons (Fsp3) is 0.250. The fourth-order valence-corrected chi connectivity index (χ4v) is 2.59. The van der Waals surface area contributed by atoms with Gasteiger partial charge in [0.2, 0.25) is 0 Å². The van der Waals surface area contributed by atoms with Crippen LogP contribution in [0.5, 0.6) is 5.75 Å². The molecule has 2 heterocycles. The van der Waals surface area contributed by atoms with Crippen molar-refractivity contribution in [1.82, 2.24) is 10.3 Å². The quantitative estimate of drug-likeness (QED) is 0.714. The number of fused-ring (bicyclic) bond motifs is 1. The molecule has 0 bridgehead atoms. The summed E-state index contributed by atoms with van der Waals surface area (Å²) < 4.78 is 11.0. The van der Waals surface area contributed by atoms with E-state index >= 15 is 0 Å². The topological polar surface area (TPSA) is 81.4 Å². The summed E-state index contributed by atoms with van der Waals surface area (Å²) in [5.74, 6) is 0.235. The number of rotatable bonds is 5. The highest BCUT2D eigenvalue weighted by atomic mass is 16.5. The summed E-state index contributed by atoms with van der Waals surface area (Å²) in [5, 5.41) is 3.67. The molecule has 0 radical (unpaired) electrons. The number of carbonyl (C=O) groups excluding carboxylic acids is 1. The first-order chi connectivity index (χ1) is 12.5. The van der Waals surface area contributed by atoms with Crippen molar-refractivity contribution in [3.63, 3.8) is 0 Å². The molecule has 1 aromatic carbocycles. The lowest BCUT2D eigenvalue weighted by molar-refractivity contribution is -0.127. The van der Waals surface area contributed by atoms with Crippen molar-refractivity contribution in [1.29, 1.82) is 0 Å². The van der Waals surface area contributed by atoms with Crippen LogP contribution < -0.4 is 15.7 Å². The number of carbonyl (C=O) groups is 1. The van der Waals surface area contributed by atoms with Crippen LogP contribution in [0.25, 0.3) is 11.0 Å². The molecule has 0 aliphatic rings. The van der Waals surface area contributed by atoms with Crippen LogP contribution in [-0.4, -0.2) is 17.0 Å². The lowest BCUT2D eigenvalue weighted by Crippen LogP contribution is -2.35. The van der Waals surface area contributed by atoms with E-state index < -0.39 is 6.10 Å². The minimum absolute atomic E-state index is 0.233. The smallest absolute Gasteiger partial charge is 0.339 e. The molecule has 0 unspecified atom stereocenters. The van der Waals surface area contributed by atoms with Crippen molar-refractivity contribution >= 4 is 16.9 Å². The number of amides is 1. The van der Waals surface area contributed by atoms with Crippen molar-refractivity contribution in [2.45, 2.75) is 33.4 Å². The van der Waals surface area contributed by atoms with E-state index in [2.05, 4.69) is 10.3 Å². The minimum atomic E-state index is -0.687. The average Bonchev–Trinajstić information content (AvgIpc) is 2.65. The third-order valence-electron chi connectivity index (χ3n) is 4.33. The van der Waals surface area contributed by atoms with Gasteiger partial charge in [-0.1, -0.05) is 0 Å². The summed E-state index contributed by atoms with van der Waals surface area (Å²) in [7, 11) is 0. The zero-order valence-electron chi connectivity index (χ0n) is 14.9. The Morgan fingerprint density at radius 1 is 1.19 bits per heavy atom. The molecule has 3 rings (SSSR count). The Morgan fingerprint density at radius 2 is 1.92 bits per heavy atom. The lowest BCUT2D eigenvalue weighted by atomic mass is 10.1. The summed E-state index contributed by atoms with van der Waals surface area (Å²) in [5.41, 5.74) is 2.51. The van der Waals surface area contributed by atoms with E-state index in [1.165, 1.54) is 0 Å². The molecule has 134 valence electrons. The highest BCUT2D eigenvalue weighted by Crippen LogP contribution is 2.24. The van der Waals surface area contributed by atoms with Crippen LogP contribution in [-0.2, 0) is 11.3 Å². The summed E-state index contributed by atoms with van der Waals surface area (Å²) >= 11 is 0. The fourth-order valence-electron chi connectivity index (χ4n) is 2.59. The molecule has 6 heteroatoms. The Balaban J connectivity index is 1.70. The van der Waals surface area contributed by atoms with Crippen LogP contribution in [0.1, 0.15) is 23.6 Å². The number of benzene rings is 1. The number of nitrogens with one attached hydrogen (secondary N) is 1. The van der Waals surface area contributed by atoms with Gasteiger partial charge in [0.15, 0.2) is 6.10 Å². The van der Waals surface area contributed by atoms with E-state index in [1.807, 2.05) is 25.1 Å². The normalized spacial score (nSPS) is 12.0. The monoisotopic (exact) mass is 352 g/mol.